The summed E-state index contributed by atoms with van der Waals surface area (Å²) in [5.74, 6) is -2.37. The number of benzene rings is 1. The molecule has 0 radical (unpaired) electrons. The monoisotopic (exact) mass is 392 g/mol. The minimum Gasteiger partial charge on any atom is -0.339 e. The molecule has 4 nitrogen and oxygen atoms in total. The largest absolute Gasteiger partial charge is 0.339 e. The van der Waals surface area contributed by atoms with Crippen molar-refractivity contribution in [3.63, 3.8) is 0 Å². The fraction of sp³-hybridized carbons (Fsp3) is 0.400. The topological polar surface area (TPSA) is 49.4 Å². The molecule has 0 aliphatic heterocycles. The van der Waals surface area contributed by atoms with Crippen LogP contribution in [0.15, 0.2) is 24.3 Å². The van der Waals surface area contributed by atoms with E-state index in [1.165, 1.54) is 17.4 Å². The van der Waals surface area contributed by atoms with Gasteiger partial charge in [-0.2, -0.15) is 0 Å². The maximum Gasteiger partial charge on any atom is 0.263 e. The molecule has 1 aromatic carbocycles. The number of fused-ring (bicyclic) bond motifs is 1. The number of rotatable bonds is 5. The Morgan fingerprint density at radius 2 is 1.93 bits per heavy atom. The smallest absolute Gasteiger partial charge is 0.263 e. The van der Waals surface area contributed by atoms with Crippen molar-refractivity contribution in [2.24, 2.45) is 5.92 Å². The maximum absolute atomic E-state index is 13.3. The fourth-order valence-electron chi connectivity index (χ4n) is 3.34. The summed E-state index contributed by atoms with van der Waals surface area (Å²) in [5.41, 5.74) is 1.28. The molecule has 1 N–H and O–H groups in total. The van der Waals surface area contributed by atoms with Gasteiger partial charge in [0.05, 0.1) is 4.88 Å². The highest BCUT2D eigenvalue weighted by Gasteiger charge is 2.28. The number of carbonyl (C=O) groups is 2. The Kier molecular flexibility index (Phi) is 5.89. The van der Waals surface area contributed by atoms with Crippen molar-refractivity contribution in [3.8, 4) is 0 Å². The van der Waals surface area contributed by atoms with Gasteiger partial charge in [-0.25, -0.2) is 8.78 Å². The Bertz CT molecular complexity index is 862. The molecule has 1 atom stereocenters. The first kappa shape index (κ1) is 19.5. The molecule has 0 fully saturated rings. The summed E-state index contributed by atoms with van der Waals surface area (Å²) in [7, 11) is 0. The number of amides is 2. The van der Waals surface area contributed by atoms with Crippen LogP contribution in [-0.2, 0) is 17.6 Å². The summed E-state index contributed by atoms with van der Waals surface area (Å²) < 4.78 is 26.3. The zero-order chi connectivity index (χ0) is 19.6. The maximum atomic E-state index is 13.3. The zero-order valence-electron chi connectivity index (χ0n) is 15.4. The number of aryl methyl sites for hydroxylation is 1. The number of nitrogens with one attached hydrogen (secondary N) is 1. The normalized spacial score (nSPS) is 15.9. The van der Waals surface area contributed by atoms with Gasteiger partial charge in [-0.3, -0.25) is 9.59 Å². The average molecular weight is 392 g/mol. The highest BCUT2D eigenvalue weighted by Crippen LogP contribution is 2.33. The minimum absolute atomic E-state index is 0.0298. The minimum atomic E-state index is -0.990. The number of nitrogens with zero attached hydrogens (tertiary/aromatic N) is 1. The summed E-state index contributed by atoms with van der Waals surface area (Å²) in [6.07, 6.45) is 1.95. The molecule has 0 saturated heterocycles. The van der Waals surface area contributed by atoms with Crippen molar-refractivity contribution in [2.75, 3.05) is 18.4 Å². The molecule has 144 valence electrons. The predicted octanol–water partition coefficient (Wildman–Crippen LogP) is 4.25. The van der Waals surface area contributed by atoms with E-state index in [1.807, 2.05) is 19.9 Å². The molecular formula is C20H22F2N2O2S. The third-order valence-corrected chi connectivity index (χ3v) is 6.13. The molecule has 3 rings (SSSR count). The lowest BCUT2D eigenvalue weighted by Crippen LogP contribution is -2.29. The summed E-state index contributed by atoms with van der Waals surface area (Å²) in [6, 6.07) is 5.22. The molecule has 7 heteroatoms. The summed E-state index contributed by atoms with van der Waals surface area (Å²) in [6.45, 7) is 5.23. The van der Waals surface area contributed by atoms with Crippen LogP contribution in [0.1, 0.15) is 40.4 Å². The Morgan fingerprint density at radius 1 is 1.19 bits per heavy atom. The van der Waals surface area contributed by atoms with E-state index < -0.39 is 11.6 Å². The van der Waals surface area contributed by atoms with Crippen LogP contribution in [0.25, 0.3) is 0 Å². The molecule has 1 aliphatic rings. The van der Waals surface area contributed by atoms with E-state index in [1.54, 1.807) is 4.90 Å². The third kappa shape index (κ3) is 4.18. The van der Waals surface area contributed by atoms with E-state index in [-0.39, 0.29) is 23.4 Å². The second-order valence-electron chi connectivity index (χ2n) is 6.59. The van der Waals surface area contributed by atoms with Gasteiger partial charge < -0.3 is 10.2 Å². The SMILES string of the molecule is CCN(CC)C(=O)c1cc2c(s1)CCC(C(=O)Nc1ccc(F)c(F)c1)C2. The highest BCUT2D eigenvalue weighted by atomic mass is 32.1. The molecular weight excluding hydrogens is 370 g/mol. The Balaban J connectivity index is 1.69. The van der Waals surface area contributed by atoms with Crippen LogP contribution in [0.5, 0.6) is 0 Å². The van der Waals surface area contributed by atoms with Crippen LogP contribution < -0.4 is 5.32 Å². The van der Waals surface area contributed by atoms with E-state index in [0.717, 1.165) is 29.0 Å². The van der Waals surface area contributed by atoms with Gasteiger partial charge in [0.15, 0.2) is 11.6 Å². The van der Waals surface area contributed by atoms with Crippen molar-refractivity contribution in [1.29, 1.82) is 0 Å². The molecule has 0 saturated carbocycles. The number of hydrogen-bond donors (Lipinski definition) is 1. The molecule has 0 bridgehead atoms. The van der Waals surface area contributed by atoms with Gasteiger partial charge >= 0.3 is 0 Å². The number of thiophene rings is 1. The first-order valence-corrected chi connectivity index (χ1v) is 9.91. The van der Waals surface area contributed by atoms with Crippen LogP contribution in [0.2, 0.25) is 0 Å². The van der Waals surface area contributed by atoms with E-state index in [2.05, 4.69) is 5.32 Å². The van der Waals surface area contributed by atoms with Gasteiger partial charge in [0.2, 0.25) is 5.91 Å². The molecule has 1 aliphatic carbocycles. The second kappa shape index (κ2) is 8.17. The summed E-state index contributed by atoms with van der Waals surface area (Å²) >= 11 is 1.51. The van der Waals surface area contributed by atoms with Gasteiger partial charge in [-0.1, -0.05) is 0 Å². The van der Waals surface area contributed by atoms with Gasteiger partial charge in [-0.05, 0) is 56.9 Å². The van der Waals surface area contributed by atoms with Crippen molar-refractivity contribution < 1.29 is 18.4 Å². The predicted molar refractivity (Wildman–Crippen MR) is 102 cm³/mol. The first-order chi connectivity index (χ1) is 12.9. The first-order valence-electron chi connectivity index (χ1n) is 9.09. The highest BCUT2D eigenvalue weighted by molar-refractivity contribution is 7.14. The summed E-state index contributed by atoms with van der Waals surface area (Å²) in [4.78, 5) is 28.7. The van der Waals surface area contributed by atoms with Crippen LogP contribution in [0.3, 0.4) is 0 Å². The Labute approximate surface area is 161 Å². The van der Waals surface area contributed by atoms with Gasteiger partial charge in [0.25, 0.3) is 5.91 Å². The number of hydrogen-bond acceptors (Lipinski definition) is 3. The quantitative estimate of drug-likeness (QED) is 0.827. The lowest BCUT2D eigenvalue weighted by atomic mass is 9.87. The molecule has 0 spiro atoms. The van der Waals surface area contributed by atoms with Crippen LogP contribution in [-0.4, -0.2) is 29.8 Å². The zero-order valence-corrected chi connectivity index (χ0v) is 16.2. The standard InChI is InChI=1S/C20H22F2N2O2S/c1-3-24(4-2)20(26)18-10-13-9-12(5-8-17(13)27-18)19(25)23-14-6-7-15(21)16(22)11-14/h6-7,10-12H,3-5,8-9H2,1-2H3,(H,23,25). The van der Waals surface area contributed by atoms with Crippen LogP contribution in [0, 0.1) is 17.6 Å². The molecule has 27 heavy (non-hydrogen) atoms. The third-order valence-electron chi connectivity index (χ3n) is 4.90. The Hall–Kier alpha value is -2.28. The van der Waals surface area contributed by atoms with Crippen molar-refractivity contribution in [1.82, 2.24) is 4.90 Å². The molecule has 2 amide bonds. The number of anilines is 1. The van der Waals surface area contributed by atoms with E-state index in [0.29, 0.717) is 30.8 Å². The average Bonchev–Trinajstić information content (AvgIpc) is 3.09. The van der Waals surface area contributed by atoms with E-state index in [9.17, 15) is 18.4 Å². The lowest BCUT2D eigenvalue weighted by molar-refractivity contribution is -0.120. The van der Waals surface area contributed by atoms with Crippen molar-refractivity contribution in [3.05, 3.63) is 51.2 Å². The van der Waals surface area contributed by atoms with Gasteiger partial charge in [0, 0.05) is 35.6 Å². The molecule has 1 heterocycles. The van der Waals surface area contributed by atoms with Crippen molar-refractivity contribution in [2.45, 2.75) is 33.1 Å². The molecule has 1 unspecified atom stereocenters. The van der Waals surface area contributed by atoms with Gasteiger partial charge in [-0.15, -0.1) is 11.3 Å². The Morgan fingerprint density at radius 3 is 2.59 bits per heavy atom. The van der Waals surface area contributed by atoms with Gasteiger partial charge in [0.1, 0.15) is 0 Å². The second-order valence-corrected chi connectivity index (χ2v) is 7.73. The lowest BCUT2D eigenvalue weighted by Gasteiger charge is -2.21. The number of halogens is 2. The molecule has 1 aromatic heterocycles. The van der Waals surface area contributed by atoms with Crippen LogP contribution in [0.4, 0.5) is 14.5 Å². The van der Waals surface area contributed by atoms with E-state index in [4.69, 9.17) is 0 Å². The number of carbonyl (C=O) groups excluding carboxylic acids is 2. The fourth-order valence-corrected chi connectivity index (χ4v) is 4.51. The van der Waals surface area contributed by atoms with Crippen LogP contribution >= 0.6 is 11.3 Å². The molecule has 2 aromatic rings. The van der Waals surface area contributed by atoms with E-state index >= 15 is 0 Å². The summed E-state index contributed by atoms with van der Waals surface area (Å²) in [5, 5.41) is 2.66. The van der Waals surface area contributed by atoms with Crippen molar-refractivity contribution >= 4 is 28.8 Å².